The normalized spacial score (nSPS) is 22.2. The van der Waals surface area contributed by atoms with Crippen LogP contribution in [0.2, 0.25) is 0 Å². The number of methoxy groups -OCH3 is 2. The van der Waals surface area contributed by atoms with Crippen LogP contribution < -0.4 is 19.3 Å². The molecule has 10 nitrogen and oxygen atoms in total. The molecule has 4 atom stereocenters. The summed E-state index contributed by atoms with van der Waals surface area (Å²) in [4.78, 5) is 55.5. The first-order valence-corrected chi connectivity index (χ1v) is 17.9. The van der Waals surface area contributed by atoms with Crippen LogP contribution in [0.5, 0.6) is 11.5 Å². The SMILES string of the molecule is COc1ccc([C@@H]2N(c3ccccc3)C(=O)[C@]2(C)C(=O)OC(C)(C)C)cc1.COc1ccc([C@H]2N(c3ccccc3)C(=O)[C@@]2(C)C(=O)OC(C)(C)C)cc1. The Labute approximate surface area is 318 Å². The summed E-state index contributed by atoms with van der Waals surface area (Å²) in [6.07, 6.45) is 0. The van der Waals surface area contributed by atoms with Gasteiger partial charge in [-0.1, -0.05) is 60.7 Å². The Bertz CT molecular complexity index is 1820. The van der Waals surface area contributed by atoms with Gasteiger partial charge in [-0.15, -0.1) is 0 Å². The summed E-state index contributed by atoms with van der Waals surface area (Å²) in [5.41, 5.74) is -0.681. The van der Waals surface area contributed by atoms with E-state index in [-0.39, 0.29) is 11.8 Å². The largest absolute Gasteiger partial charge is 0.497 e. The zero-order chi connectivity index (χ0) is 39.6. The number of anilines is 2. The first-order valence-electron chi connectivity index (χ1n) is 17.9. The van der Waals surface area contributed by atoms with Gasteiger partial charge in [0.15, 0.2) is 10.8 Å². The lowest BCUT2D eigenvalue weighted by Crippen LogP contribution is -2.66. The lowest BCUT2D eigenvalue weighted by Gasteiger charge is -2.53. The third kappa shape index (κ3) is 7.56. The number of β-lactam (4-membered cyclic amide) rings is 2. The second kappa shape index (κ2) is 15.0. The maximum Gasteiger partial charge on any atom is 0.324 e. The molecule has 0 unspecified atom stereocenters. The third-order valence-corrected chi connectivity index (χ3v) is 9.51. The van der Waals surface area contributed by atoms with Crippen molar-refractivity contribution in [3.8, 4) is 11.5 Å². The molecule has 2 amide bonds. The second-order valence-corrected chi connectivity index (χ2v) is 15.8. The number of hydrogen-bond acceptors (Lipinski definition) is 8. The van der Waals surface area contributed by atoms with Crippen molar-refractivity contribution >= 4 is 35.1 Å². The first kappa shape index (κ1) is 39.6. The highest BCUT2D eigenvalue weighted by molar-refractivity contribution is 6.18. The van der Waals surface area contributed by atoms with Crippen molar-refractivity contribution in [3.05, 3.63) is 120 Å². The number of ether oxygens (including phenoxy) is 4. The number of carbonyl (C=O) groups is 4. The number of para-hydroxylation sites is 2. The van der Waals surface area contributed by atoms with E-state index in [1.807, 2.05) is 109 Å². The quantitative estimate of drug-likeness (QED) is 0.101. The highest BCUT2D eigenvalue weighted by Crippen LogP contribution is 2.54. The third-order valence-electron chi connectivity index (χ3n) is 9.51. The Kier molecular flexibility index (Phi) is 11.0. The van der Waals surface area contributed by atoms with Gasteiger partial charge in [0, 0.05) is 11.4 Å². The van der Waals surface area contributed by atoms with Crippen LogP contribution in [0.3, 0.4) is 0 Å². The van der Waals surface area contributed by atoms with Crippen LogP contribution in [-0.2, 0) is 28.7 Å². The minimum atomic E-state index is -1.28. The number of esters is 2. The molecular weight excluding hydrogens is 684 g/mol. The fourth-order valence-electron chi connectivity index (χ4n) is 6.77. The summed E-state index contributed by atoms with van der Waals surface area (Å²) in [7, 11) is 3.20. The van der Waals surface area contributed by atoms with Gasteiger partial charge in [-0.3, -0.25) is 19.2 Å². The minimum Gasteiger partial charge on any atom is -0.497 e. The lowest BCUT2D eigenvalue weighted by molar-refractivity contribution is -0.178. The van der Waals surface area contributed by atoms with Gasteiger partial charge in [-0.25, -0.2) is 0 Å². The van der Waals surface area contributed by atoms with Crippen molar-refractivity contribution in [2.24, 2.45) is 10.8 Å². The van der Waals surface area contributed by atoms with Crippen LogP contribution in [0.25, 0.3) is 0 Å². The van der Waals surface area contributed by atoms with Crippen molar-refractivity contribution in [1.82, 2.24) is 0 Å². The van der Waals surface area contributed by atoms with Gasteiger partial charge in [0.05, 0.1) is 26.3 Å². The Hall–Kier alpha value is -5.64. The predicted octanol–water partition coefficient (Wildman–Crippen LogP) is 8.26. The van der Waals surface area contributed by atoms with E-state index in [2.05, 4.69) is 0 Å². The van der Waals surface area contributed by atoms with E-state index in [9.17, 15) is 19.2 Å². The summed E-state index contributed by atoms with van der Waals surface area (Å²) in [5, 5.41) is 0. The molecule has 0 radical (unpaired) electrons. The van der Waals surface area contributed by atoms with E-state index < -0.39 is 46.1 Å². The molecular formula is C44H50N2O8. The molecule has 6 rings (SSSR count). The lowest BCUT2D eigenvalue weighted by atomic mass is 9.68. The topological polar surface area (TPSA) is 112 Å². The zero-order valence-electron chi connectivity index (χ0n) is 32.7. The number of hydrogen-bond donors (Lipinski definition) is 0. The van der Waals surface area contributed by atoms with Crippen LogP contribution in [0, 0.1) is 10.8 Å². The van der Waals surface area contributed by atoms with E-state index >= 15 is 0 Å². The molecule has 0 spiro atoms. The number of benzene rings is 4. The number of nitrogens with zero attached hydrogens (tertiary/aromatic N) is 2. The zero-order valence-corrected chi connectivity index (χ0v) is 32.7. The van der Waals surface area contributed by atoms with Crippen molar-refractivity contribution in [2.45, 2.75) is 78.7 Å². The van der Waals surface area contributed by atoms with Crippen LogP contribution in [0.4, 0.5) is 11.4 Å². The number of carbonyl (C=O) groups excluding carboxylic acids is 4. The van der Waals surface area contributed by atoms with Gasteiger partial charge in [0.2, 0.25) is 11.8 Å². The van der Waals surface area contributed by atoms with E-state index in [4.69, 9.17) is 18.9 Å². The summed E-state index contributed by atoms with van der Waals surface area (Å²) in [6, 6.07) is 32.7. The molecule has 2 saturated heterocycles. The smallest absolute Gasteiger partial charge is 0.324 e. The highest BCUT2D eigenvalue weighted by atomic mass is 16.6. The summed E-state index contributed by atoms with van der Waals surface area (Å²) < 4.78 is 21.6. The van der Waals surface area contributed by atoms with E-state index in [1.165, 1.54) is 0 Å². The molecule has 4 aromatic carbocycles. The molecule has 0 aromatic heterocycles. The minimum absolute atomic E-state index is 0.260. The van der Waals surface area contributed by atoms with Crippen molar-refractivity contribution in [1.29, 1.82) is 0 Å². The summed E-state index contributed by atoms with van der Waals surface area (Å²) >= 11 is 0. The van der Waals surface area contributed by atoms with Crippen LogP contribution in [-0.4, -0.2) is 49.2 Å². The highest BCUT2D eigenvalue weighted by Gasteiger charge is 2.66. The Morgan fingerprint density at radius 1 is 0.519 bits per heavy atom. The van der Waals surface area contributed by atoms with Gasteiger partial charge < -0.3 is 28.7 Å². The molecule has 2 aliphatic rings. The average Bonchev–Trinajstić information content (AvgIpc) is 3.14. The average molecular weight is 735 g/mol. The fourth-order valence-corrected chi connectivity index (χ4v) is 6.77. The maximum atomic E-state index is 13.1. The second-order valence-electron chi connectivity index (χ2n) is 15.8. The van der Waals surface area contributed by atoms with Gasteiger partial charge in [-0.05, 0) is 115 Å². The first-order chi connectivity index (χ1) is 25.4. The predicted molar refractivity (Wildman–Crippen MR) is 207 cm³/mol. The summed E-state index contributed by atoms with van der Waals surface area (Å²) in [5.74, 6) is -0.0993. The molecule has 0 aliphatic carbocycles. The molecule has 4 aromatic rings. The molecule has 54 heavy (non-hydrogen) atoms. The Morgan fingerprint density at radius 3 is 1.07 bits per heavy atom. The standard InChI is InChI=1S/2C22H25NO4/c2*1-21(2,3)27-20(25)22(4)18(15-11-13-17(26-5)14-12-15)23(19(22)24)16-9-7-6-8-10-16/h2*6-14,18H,1-5H3/t2*18-,22+/m10/s1. The fraction of sp³-hybridized carbons (Fsp3) is 0.364. The van der Waals surface area contributed by atoms with Crippen LogP contribution >= 0.6 is 0 Å². The van der Waals surface area contributed by atoms with Gasteiger partial charge in [0.1, 0.15) is 22.7 Å². The molecule has 2 aliphatic heterocycles. The number of rotatable bonds is 8. The van der Waals surface area contributed by atoms with Crippen LogP contribution in [0.1, 0.15) is 78.6 Å². The molecule has 284 valence electrons. The Morgan fingerprint density at radius 2 is 0.815 bits per heavy atom. The molecule has 0 saturated carbocycles. The molecule has 2 heterocycles. The van der Waals surface area contributed by atoms with Gasteiger partial charge in [0.25, 0.3) is 0 Å². The molecule has 10 heteroatoms. The van der Waals surface area contributed by atoms with E-state index in [0.717, 1.165) is 34.0 Å². The monoisotopic (exact) mass is 734 g/mol. The van der Waals surface area contributed by atoms with Crippen LogP contribution in [0.15, 0.2) is 109 Å². The molecule has 0 N–H and O–H groups in total. The Balaban J connectivity index is 0.000000208. The van der Waals surface area contributed by atoms with Gasteiger partial charge in [-0.2, -0.15) is 0 Å². The summed E-state index contributed by atoms with van der Waals surface area (Å²) in [6.45, 7) is 14.1. The maximum absolute atomic E-state index is 13.1. The van der Waals surface area contributed by atoms with Crippen molar-refractivity contribution in [3.63, 3.8) is 0 Å². The van der Waals surface area contributed by atoms with E-state index in [0.29, 0.717) is 0 Å². The van der Waals surface area contributed by atoms with Crippen molar-refractivity contribution in [2.75, 3.05) is 24.0 Å². The van der Waals surface area contributed by atoms with Crippen molar-refractivity contribution < 1.29 is 38.1 Å². The number of amides is 2. The van der Waals surface area contributed by atoms with Gasteiger partial charge >= 0.3 is 11.9 Å². The van der Waals surface area contributed by atoms with E-state index in [1.54, 1.807) is 79.4 Å². The molecule has 2 fully saturated rings. The molecule has 0 bridgehead atoms.